The molecule has 0 saturated heterocycles. The van der Waals surface area contributed by atoms with Crippen molar-refractivity contribution in [3.05, 3.63) is 0 Å². The first-order chi connectivity index (χ1) is 8.51. The van der Waals surface area contributed by atoms with Gasteiger partial charge in [0.25, 0.3) is 0 Å². The van der Waals surface area contributed by atoms with Crippen molar-refractivity contribution in [1.29, 1.82) is 0 Å². The number of hydrogen-bond acceptors (Lipinski definition) is 4. The molecule has 0 aliphatic carbocycles. The number of nitrogens with zero attached hydrogens (tertiary/aromatic N) is 1. The van der Waals surface area contributed by atoms with Gasteiger partial charge in [0.15, 0.2) is 0 Å². The molecular formula is C12H26N4O2. The van der Waals surface area contributed by atoms with Crippen molar-refractivity contribution >= 4 is 11.9 Å². The third-order valence-corrected chi connectivity index (χ3v) is 3.14. The number of nitrogens with one attached hydrogen (secondary N) is 2. The quantitative estimate of drug-likeness (QED) is 0.612. The lowest BCUT2D eigenvalue weighted by atomic mass is 10.1. The topological polar surface area (TPSA) is 87.5 Å². The Bertz CT molecular complexity index is 267. The van der Waals surface area contributed by atoms with Gasteiger partial charge in [-0.15, -0.1) is 0 Å². The SMILES string of the molecule is CCC(CC)N(CCN)C(C)C(=O)NC(=O)NC. The van der Waals surface area contributed by atoms with Crippen LogP contribution in [-0.4, -0.2) is 49.1 Å². The van der Waals surface area contributed by atoms with E-state index in [1.165, 1.54) is 7.05 Å². The first-order valence-corrected chi connectivity index (χ1v) is 6.50. The summed E-state index contributed by atoms with van der Waals surface area (Å²) in [4.78, 5) is 25.1. The zero-order chi connectivity index (χ0) is 14.1. The van der Waals surface area contributed by atoms with Crippen LogP contribution in [0.5, 0.6) is 0 Å². The summed E-state index contributed by atoms with van der Waals surface area (Å²) in [5.74, 6) is -0.297. The van der Waals surface area contributed by atoms with Gasteiger partial charge in [-0.05, 0) is 19.8 Å². The Hall–Kier alpha value is -1.14. The van der Waals surface area contributed by atoms with Gasteiger partial charge in [0.1, 0.15) is 0 Å². The molecule has 106 valence electrons. The lowest BCUT2D eigenvalue weighted by Gasteiger charge is -2.34. The van der Waals surface area contributed by atoms with Crippen molar-refractivity contribution in [3.63, 3.8) is 0 Å². The molecule has 0 heterocycles. The summed E-state index contributed by atoms with van der Waals surface area (Å²) >= 11 is 0. The van der Waals surface area contributed by atoms with E-state index in [0.29, 0.717) is 19.1 Å². The van der Waals surface area contributed by atoms with E-state index in [1.54, 1.807) is 6.92 Å². The van der Waals surface area contributed by atoms with Crippen LogP contribution in [0, 0.1) is 0 Å². The normalized spacial score (nSPS) is 12.6. The van der Waals surface area contributed by atoms with E-state index in [1.807, 2.05) is 0 Å². The van der Waals surface area contributed by atoms with Crippen LogP contribution < -0.4 is 16.4 Å². The Balaban J connectivity index is 4.68. The standard InChI is InChI=1S/C12H26N4O2/c1-5-10(6-2)16(8-7-13)9(3)11(17)15-12(18)14-4/h9-10H,5-8,13H2,1-4H3,(H2,14,15,17,18). The Kier molecular flexibility index (Phi) is 8.32. The summed E-state index contributed by atoms with van der Waals surface area (Å²) < 4.78 is 0. The van der Waals surface area contributed by atoms with E-state index in [-0.39, 0.29) is 11.9 Å². The maximum atomic E-state index is 11.9. The smallest absolute Gasteiger partial charge is 0.321 e. The van der Waals surface area contributed by atoms with Crippen molar-refractivity contribution in [1.82, 2.24) is 15.5 Å². The first-order valence-electron chi connectivity index (χ1n) is 6.50. The second-order valence-corrected chi connectivity index (χ2v) is 4.24. The summed E-state index contributed by atoms with van der Waals surface area (Å²) in [6, 6.07) is -0.543. The van der Waals surface area contributed by atoms with Gasteiger partial charge in [0.2, 0.25) is 5.91 Å². The predicted octanol–water partition coefficient (Wildman–Crippen LogP) is 0.280. The molecule has 0 aliphatic heterocycles. The number of urea groups is 1. The molecule has 0 rings (SSSR count). The van der Waals surface area contributed by atoms with Crippen LogP contribution in [0.3, 0.4) is 0 Å². The van der Waals surface area contributed by atoms with Crippen molar-refractivity contribution in [2.24, 2.45) is 5.73 Å². The molecule has 0 saturated carbocycles. The number of rotatable bonds is 7. The molecule has 0 aliphatic rings. The van der Waals surface area contributed by atoms with E-state index in [4.69, 9.17) is 5.73 Å². The van der Waals surface area contributed by atoms with Crippen molar-refractivity contribution in [2.45, 2.75) is 45.7 Å². The molecule has 4 N–H and O–H groups in total. The van der Waals surface area contributed by atoms with Gasteiger partial charge >= 0.3 is 6.03 Å². The van der Waals surface area contributed by atoms with Gasteiger partial charge < -0.3 is 11.1 Å². The molecule has 0 aromatic rings. The molecule has 1 unspecified atom stereocenters. The summed E-state index contributed by atoms with van der Waals surface area (Å²) in [7, 11) is 1.48. The second-order valence-electron chi connectivity index (χ2n) is 4.24. The molecule has 1 atom stereocenters. The van der Waals surface area contributed by atoms with Gasteiger partial charge in [-0.1, -0.05) is 13.8 Å². The second kappa shape index (κ2) is 8.88. The Morgan fingerprint density at radius 1 is 1.28 bits per heavy atom. The highest BCUT2D eigenvalue weighted by molar-refractivity contribution is 5.96. The first kappa shape index (κ1) is 16.9. The van der Waals surface area contributed by atoms with Crippen LogP contribution in [0.2, 0.25) is 0 Å². The van der Waals surface area contributed by atoms with Crippen molar-refractivity contribution in [2.75, 3.05) is 20.1 Å². The number of carbonyl (C=O) groups is 2. The maximum absolute atomic E-state index is 11.9. The molecule has 0 aromatic carbocycles. The lowest BCUT2D eigenvalue weighted by molar-refractivity contribution is -0.125. The zero-order valence-electron chi connectivity index (χ0n) is 11.8. The molecule has 3 amide bonds. The number of carbonyl (C=O) groups excluding carboxylic acids is 2. The summed E-state index contributed by atoms with van der Waals surface area (Å²) in [5.41, 5.74) is 5.59. The molecule has 0 radical (unpaired) electrons. The molecule has 0 fully saturated rings. The Labute approximate surface area is 109 Å². The Morgan fingerprint density at radius 2 is 1.83 bits per heavy atom. The molecule has 0 aromatic heterocycles. The molecule has 6 heteroatoms. The lowest BCUT2D eigenvalue weighted by Crippen LogP contribution is -2.53. The predicted molar refractivity (Wildman–Crippen MR) is 72.2 cm³/mol. The average molecular weight is 258 g/mol. The van der Waals surface area contributed by atoms with Crippen molar-refractivity contribution in [3.8, 4) is 0 Å². The minimum absolute atomic E-state index is 0.297. The summed E-state index contributed by atoms with van der Waals surface area (Å²) in [5, 5.41) is 4.66. The van der Waals surface area contributed by atoms with Gasteiger partial charge in [-0.3, -0.25) is 15.0 Å². The fourth-order valence-electron chi connectivity index (χ4n) is 2.03. The van der Waals surface area contributed by atoms with Crippen LogP contribution in [0.25, 0.3) is 0 Å². The molecule has 0 bridgehead atoms. The van der Waals surface area contributed by atoms with Gasteiger partial charge in [-0.2, -0.15) is 0 Å². The van der Waals surface area contributed by atoms with Crippen LogP contribution in [-0.2, 0) is 4.79 Å². The molecule has 0 spiro atoms. The van der Waals surface area contributed by atoms with E-state index < -0.39 is 6.03 Å². The van der Waals surface area contributed by atoms with Crippen LogP contribution in [0.4, 0.5) is 4.79 Å². The monoisotopic (exact) mass is 258 g/mol. The van der Waals surface area contributed by atoms with Gasteiger partial charge in [0.05, 0.1) is 6.04 Å². The third-order valence-electron chi connectivity index (χ3n) is 3.14. The van der Waals surface area contributed by atoms with Crippen LogP contribution in [0.1, 0.15) is 33.6 Å². The van der Waals surface area contributed by atoms with E-state index >= 15 is 0 Å². The van der Waals surface area contributed by atoms with E-state index in [9.17, 15) is 9.59 Å². The van der Waals surface area contributed by atoms with Gasteiger partial charge in [0, 0.05) is 26.2 Å². The summed E-state index contributed by atoms with van der Waals surface area (Å²) in [6.45, 7) is 7.11. The Morgan fingerprint density at radius 3 is 2.22 bits per heavy atom. The largest absolute Gasteiger partial charge is 0.341 e. The molecule has 18 heavy (non-hydrogen) atoms. The number of hydrogen-bond donors (Lipinski definition) is 3. The summed E-state index contributed by atoms with van der Waals surface area (Å²) in [6.07, 6.45) is 1.90. The number of nitrogens with two attached hydrogens (primary N) is 1. The van der Waals surface area contributed by atoms with E-state index in [2.05, 4.69) is 29.4 Å². The van der Waals surface area contributed by atoms with Crippen LogP contribution >= 0.6 is 0 Å². The minimum Gasteiger partial charge on any atom is -0.341 e. The van der Waals surface area contributed by atoms with Crippen molar-refractivity contribution < 1.29 is 9.59 Å². The minimum atomic E-state index is -0.482. The number of imide groups is 1. The molecular weight excluding hydrogens is 232 g/mol. The average Bonchev–Trinajstić information content (AvgIpc) is 2.37. The highest BCUT2D eigenvalue weighted by Gasteiger charge is 2.26. The molecule has 6 nitrogen and oxygen atoms in total. The highest BCUT2D eigenvalue weighted by Crippen LogP contribution is 2.12. The number of amides is 3. The van der Waals surface area contributed by atoms with Gasteiger partial charge in [-0.25, -0.2) is 4.79 Å². The maximum Gasteiger partial charge on any atom is 0.321 e. The fraction of sp³-hybridized carbons (Fsp3) is 0.833. The highest BCUT2D eigenvalue weighted by atomic mass is 16.2. The van der Waals surface area contributed by atoms with E-state index in [0.717, 1.165) is 12.8 Å². The fourth-order valence-corrected chi connectivity index (χ4v) is 2.03. The third kappa shape index (κ3) is 5.01. The van der Waals surface area contributed by atoms with Crippen LogP contribution in [0.15, 0.2) is 0 Å². The zero-order valence-corrected chi connectivity index (χ0v) is 11.8.